The average Bonchev–Trinajstić information content (AvgIpc) is 3.14. The molecule has 1 aliphatic carbocycles. The third-order valence-corrected chi connectivity index (χ3v) is 10.6. The van der Waals surface area contributed by atoms with Gasteiger partial charge in [0.25, 0.3) is 5.91 Å². The molecular formula is C35H46ClN3O4S. The summed E-state index contributed by atoms with van der Waals surface area (Å²) in [7, 11) is -1.42. The van der Waals surface area contributed by atoms with E-state index in [1.807, 2.05) is 36.4 Å². The number of carbonyl (C=O) groups excluding carboxylic acids is 1. The van der Waals surface area contributed by atoms with Crippen molar-refractivity contribution >= 4 is 33.1 Å². The molecule has 5 atom stereocenters. The predicted molar refractivity (Wildman–Crippen MR) is 182 cm³/mol. The average molecular weight is 640 g/mol. The van der Waals surface area contributed by atoms with Crippen molar-refractivity contribution in [2.45, 2.75) is 51.0 Å². The summed E-state index contributed by atoms with van der Waals surface area (Å²) in [5.41, 5.74) is 2.03. The second kappa shape index (κ2) is 15.4. The molecule has 1 fully saturated rings. The van der Waals surface area contributed by atoms with Crippen LogP contribution >= 0.6 is 11.6 Å². The number of hydrogen-bond acceptors (Lipinski definition) is 5. The predicted octanol–water partition coefficient (Wildman–Crippen LogP) is 7.41. The zero-order valence-electron chi connectivity index (χ0n) is 25.8. The van der Waals surface area contributed by atoms with Crippen LogP contribution in [0.3, 0.4) is 0 Å². The Morgan fingerprint density at radius 1 is 1.25 bits per heavy atom. The molecule has 1 amide bonds. The van der Waals surface area contributed by atoms with Crippen molar-refractivity contribution in [2.75, 3.05) is 37.5 Å². The van der Waals surface area contributed by atoms with Crippen LogP contribution in [0.1, 0.15) is 54.4 Å². The largest absolute Gasteiger partial charge is 0.490 e. The number of hydrogen-bond donors (Lipinski definition) is 1. The molecule has 0 bridgehead atoms. The lowest BCUT2D eigenvalue weighted by Gasteiger charge is -2.44. The first-order valence-corrected chi connectivity index (χ1v) is 17.5. The molecular weight excluding hydrogens is 594 g/mol. The second-order valence-corrected chi connectivity index (χ2v) is 14.5. The highest BCUT2D eigenvalue weighted by atomic mass is 35.5. The number of benzene rings is 2. The molecule has 0 aromatic heterocycles. The molecule has 238 valence electrons. The zero-order valence-corrected chi connectivity index (χ0v) is 27.4. The zero-order chi connectivity index (χ0) is 31.7. The fourth-order valence-corrected chi connectivity index (χ4v) is 7.56. The molecule has 2 N–H and O–H groups in total. The minimum atomic E-state index is -3.15. The first-order chi connectivity index (χ1) is 21.1. The molecule has 0 saturated heterocycles. The van der Waals surface area contributed by atoms with Crippen LogP contribution in [-0.2, 0) is 21.1 Å². The first kappa shape index (κ1) is 34.0. The monoisotopic (exact) mass is 639 g/mol. The molecule has 2 aromatic carbocycles. The van der Waals surface area contributed by atoms with Gasteiger partial charge in [0.2, 0.25) is 0 Å². The number of aryl methyl sites for hydroxylation is 1. The number of methoxy groups -OCH3 is 1. The van der Waals surface area contributed by atoms with Gasteiger partial charge in [-0.15, -0.1) is 24.1 Å². The Balaban J connectivity index is 1.62. The van der Waals surface area contributed by atoms with Crippen LogP contribution in [0.2, 0.25) is 5.02 Å². The Hall–Kier alpha value is -2.91. The van der Waals surface area contributed by atoms with Crippen LogP contribution in [0.15, 0.2) is 84.8 Å². The number of amides is 1. The lowest BCUT2D eigenvalue weighted by atomic mass is 9.70. The van der Waals surface area contributed by atoms with Crippen LogP contribution in [0, 0.1) is 17.3 Å². The van der Waals surface area contributed by atoms with E-state index in [0.717, 1.165) is 49.4 Å². The number of rotatable bonds is 15. The Labute approximate surface area is 268 Å². The van der Waals surface area contributed by atoms with Gasteiger partial charge in [0, 0.05) is 42.0 Å². The number of halogens is 1. The third-order valence-electron chi connectivity index (χ3n) is 8.97. The van der Waals surface area contributed by atoms with Crippen LogP contribution in [-0.4, -0.2) is 48.8 Å². The van der Waals surface area contributed by atoms with E-state index in [0.29, 0.717) is 49.1 Å². The Morgan fingerprint density at radius 3 is 2.73 bits per heavy atom. The Kier molecular flexibility index (Phi) is 11.9. The smallest absolute Gasteiger partial charge is 0.286 e. The SMILES string of the molecule is C=CCCCS(N)(=O)=NC(=O)c1ccc2c(c1)N(C[C@@H]1CC[C@H]1[C@H](C=C)OC)C[C@@](C=C)(CCCc1cccc(Cl)c1)CO2. The van der Waals surface area contributed by atoms with E-state index in [1.165, 1.54) is 5.56 Å². The maximum absolute atomic E-state index is 13.2. The molecule has 9 heteroatoms. The number of fused-ring (bicyclic) bond motifs is 1. The highest BCUT2D eigenvalue weighted by Crippen LogP contribution is 2.44. The number of ether oxygens (including phenoxy) is 2. The number of allylic oxidation sites excluding steroid dienone is 1. The van der Waals surface area contributed by atoms with Crippen molar-refractivity contribution in [3.05, 3.63) is 96.6 Å². The van der Waals surface area contributed by atoms with Gasteiger partial charge in [-0.3, -0.25) is 4.79 Å². The van der Waals surface area contributed by atoms with Gasteiger partial charge in [-0.05, 0) is 92.7 Å². The van der Waals surface area contributed by atoms with E-state index >= 15 is 0 Å². The molecule has 0 radical (unpaired) electrons. The minimum Gasteiger partial charge on any atom is -0.490 e. The molecule has 0 spiro atoms. The molecule has 1 heterocycles. The van der Waals surface area contributed by atoms with Crippen LogP contribution in [0.5, 0.6) is 5.75 Å². The lowest BCUT2D eigenvalue weighted by molar-refractivity contribution is 0.0134. The van der Waals surface area contributed by atoms with Gasteiger partial charge in [-0.1, -0.05) is 42.0 Å². The van der Waals surface area contributed by atoms with Gasteiger partial charge < -0.3 is 14.4 Å². The van der Waals surface area contributed by atoms with Crippen LogP contribution < -0.4 is 14.8 Å². The molecule has 1 unspecified atom stereocenters. The summed E-state index contributed by atoms with van der Waals surface area (Å²) >= 11 is 6.23. The molecule has 1 aliphatic heterocycles. The summed E-state index contributed by atoms with van der Waals surface area (Å²) in [4.78, 5) is 15.5. The molecule has 2 aromatic rings. The number of carbonyl (C=O) groups is 1. The fraction of sp³-hybridized carbons (Fsp3) is 0.457. The van der Waals surface area contributed by atoms with Crippen molar-refractivity contribution in [3.63, 3.8) is 0 Å². The highest BCUT2D eigenvalue weighted by Gasteiger charge is 2.40. The van der Waals surface area contributed by atoms with Gasteiger partial charge in [0.15, 0.2) is 0 Å². The summed E-state index contributed by atoms with van der Waals surface area (Å²) in [6, 6.07) is 13.3. The third kappa shape index (κ3) is 8.62. The summed E-state index contributed by atoms with van der Waals surface area (Å²) in [5.74, 6) is 0.988. The number of unbranched alkanes of at least 4 members (excludes halogenated alkanes) is 1. The van der Waals surface area contributed by atoms with Gasteiger partial charge in [0.05, 0.1) is 18.4 Å². The minimum absolute atomic E-state index is 0.0104. The van der Waals surface area contributed by atoms with E-state index in [1.54, 1.807) is 25.3 Å². The van der Waals surface area contributed by atoms with E-state index in [4.69, 9.17) is 26.2 Å². The van der Waals surface area contributed by atoms with Gasteiger partial charge in [-0.25, -0.2) is 9.35 Å². The molecule has 44 heavy (non-hydrogen) atoms. The van der Waals surface area contributed by atoms with Crippen molar-refractivity contribution in [3.8, 4) is 5.75 Å². The quantitative estimate of drug-likeness (QED) is 0.162. The summed E-state index contributed by atoms with van der Waals surface area (Å²) in [6.07, 6.45) is 11.7. The van der Waals surface area contributed by atoms with E-state index in [-0.39, 0.29) is 17.3 Å². The van der Waals surface area contributed by atoms with Gasteiger partial charge >= 0.3 is 0 Å². The highest BCUT2D eigenvalue weighted by molar-refractivity contribution is 7.91. The number of nitrogens with zero attached hydrogens (tertiary/aromatic N) is 2. The maximum atomic E-state index is 13.2. The second-order valence-electron chi connectivity index (χ2n) is 12.1. The fourth-order valence-electron chi connectivity index (χ4n) is 6.28. The Morgan fingerprint density at radius 2 is 2.07 bits per heavy atom. The van der Waals surface area contributed by atoms with Crippen molar-refractivity contribution in [1.82, 2.24) is 0 Å². The van der Waals surface area contributed by atoms with Crippen molar-refractivity contribution in [2.24, 2.45) is 26.8 Å². The van der Waals surface area contributed by atoms with E-state index in [2.05, 4.69) is 35.1 Å². The van der Waals surface area contributed by atoms with Gasteiger partial charge in [-0.2, -0.15) is 0 Å². The number of nitrogens with two attached hydrogens (primary N) is 1. The summed E-state index contributed by atoms with van der Waals surface area (Å²) < 4.78 is 28.9. The van der Waals surface area contributed by atoms with Gasteiger partial charge in [0.1, 0.15) is 15.7 Å². The number of anilines is 1. The summed E-state index contributed by atoms with van der Waals surface area (Å²) in [5, 5.41) is 6.67. The molecule has 2 aliphatic rings. The molecule has 1 saturated carbocycles. The lowest BCUT2D eigenvalue weighted by Crippen LogP contribution is -2.46. The van der Waals surface area contributed by atoms with Crippen molar-refractivity contribution < 1.29 is 18.5 Å². The maximum Gasteiger partial charge on any atom is 0.286 e. The van der Waals surface area contributed by atoms with Crippen LogP contribution in [0.25, 0.3) is 0 Å². The normalized spacial score (nSPS) is 23.1. The Bertz CT molecular complexity index is 1470. The standard InChI is InChI=1S/C35H46ClN3O4S/c1-5-8-9-20-44(37,41)38-34(40)27-16-18-33-31(22-27)39(23-28-15-17-30(28)32(6-2)42-4)24-35(7-3,25-43-33)19-11-13-26-12-10-14-29(36)21-26/h5-7,10,12,14,16,18,21-22,28,30,32H,1-3,8-9,11,13,15,17,19-20,23-25H2,4H3,(H2,37,38,40,41)/t28-,30+,32-,35+,44?/m0/s1. The molecule has 4 rings (SSSR count). The first-order valence-electron chi connectivity index (χ1n) is 15.4. The summed E-state index contributed by atoms with van der Waals surface area (Å²) in [6.45, 7) is 13.8. The van der Waals surface area contributed by atoms with E-state index in [9.17, 15) is 9.00 Å². The molecule has 7 nitrogen and oxygen atoms in total. The topological polar surface area (TPSA) is 94.2 Å². The van der Waals surface area contributed by atoms with Crippen LogP contribution in [0.4, 0.5) is 5.69 Å². The van der Waals surface area contributed by atoms with Crippen molar-refractivity contribution in [1.29, 1.82) is 0 Å². The van der Waals surface area contributed by atoms with E-state index < -0.39 is 15.8 Å².